The van der Waals surface area contributed by atoms with Gasteiger partial charge in [-0.1, -0.05) is 51.7 Å². The van der Waals surface area contributed by atoms with Crippen molar-refractivity contribution < 1.29 is 5.11 Å². The fraction of sp³-hybridized carbons (Fsp3) is 0.857. The maximum absolute atomic E-state index is 9.38. The summed E-state index contributed by atoms with van der Waals surface area (Å²) >= 11 is 0. The van der Waals surface area contributed by atoms with Crippen LogP contribution in [0.3, 0.4) is 0 Å². The van der Waals surface area contributed by atoms with E-state index in [-0.39, 0.29) is 6.10 Å². The van der Waals surface area contributed by atoms with Crippen molar-refractivity contribution >= 4 is 0 Å². The van der Waals surface area contributed by atoms with E-state index in [0.717, 1.165) is 18.3 Å². The Morgan fingerprint density at radius 2 is 1.80 bits per heavy atom. The molecule has 88 valence electrons. The Morgan fingerprint density at radius 3 is 2.27 bits per heavy atom. The predicted molar refractivity (Wildman–Crippen MR) is 65.8 cm³/mol. The molecule has 2 atom stereocenters. The Kier molecular flexibility index (Phi) is 6.00. The minimum atomic E-state index is -0.169. The molecule has 0 aromatic carbocycles. The van der Waals surface area contributed by atoms with Crippen LogP contribution in [0.15, 0.2) is 12.2 Å². The van der Waals surface area contributed by atoms with Crippen molar-refractivity contribution in [1.29, 1.82) is 0 Å². The fourth-order valence-electron chi connectivity index (χ4n) is 2.68. The second-order valence-electron chi connectivity index (χ2n) is 4.97. The molecule has 1 heteroatoms. The van der Waals surface area contributed by atoms with Gasteiger partial charge >= 0.3 is 0 Å². The molecule has 1 N–H and O–H groups in total. The molecule has 1 aliphatic carbocycles. The lowest BCUT2D eigenvalue weighted by Crippen LogP contribution is -2.15. The molecule has 0 radical (unpaired) electrons. The summed E-state index contributed by atoms with van der Waals surface area (Å²) in [7, 11) is 0. The average molecular weight is 210 g/mol. The lowest BCUT2D eigenvalue weighted by molar-refractivity contribution is 0.188. The van der Waals surface area contributed by atoms with Crippen molar-refractivity contribution in [1.82, 2.24) is 0 Å². The highest BCUT2D eigenvalue weighted by molar-refractivity contribution is 4.98. The van der Waals surface area contributed by atoms with Crippen molar-refractivity contribution in [2.45, 2.75) is 64.9 Å². The van der Waals surface area contributed by atoms with E-state index < -0.39 is 0 Å². The minimum Gasteiger partial charge on any atom is -0.389 e. The number of rotatable bonds is 6. The van der Waals surface area contributed by atoms with E-state index in [1.54, 1.807) is 0 Å². The highest BCUT2D eigenvalue weighted by atomic mass is 16.3. The summed E-state index contributed by atoms with van der Waals surface area (Å²) in [6, 6.07) is 0. The molecule has 15 heavy (non-hydrogen) atoms. The van der Waals surface area contributed by atoms with Crippen LogP contribution < -0.4 is 0 Å². The van der Waals surface area contributed by atoms with Gasteiger partial charge in [0.2, 0.25) is 0 Å². The van der Waals surface area contributed by atoms with Gasteiger partial charge in [0.25, 0.3) is 0 Å². The molecule has 1 unspecified atom stereocenters. The summed E-state index contributed by atoms with van der Waals surface area (Å²) in [5.41, 5.74) is 0. The van der Waals surface area contributed by atoms with E-state index in [4.69, 9.17) is 0 Å². The predicted octanol–water partition coefficient (Wildman–Crippen LogP) is 3.92. The lowest BCUT2D eigenvalue weighted by atomic mass is 9.83. The molecule has 0 saturated heterocycles. The highest BCUT2D eigenvalue weighted by Gasteiger charge is 2.17. The zero-order valence-electron chi connectivity index (χ0n) is 10.3. The standard InChI is InChI=1S/C14H26O/c1-3-5-12(6-4-2)11-13-7-9-14(15)10-8-13/h7,9,12-15H,3-6,8,10-11H2,1-2H3/t13-,14?/m0/s1. The Hall–Kier alpha value is -0.300. The largest absolute Gasteiger partial charge is 0.389 e. The molecule has 0 amide bonds. The number of hydrogen-bond acceptors (Lipinski definition) is 1. The van der Waals surface area contributed by atoms with Gasteiger partial charge in [-0.05, 0) is 31.1 Å². The van der Waals surface area contributed by atoms with Crippen LogP contribution >= 0.6 is 0 Å². The van der Waals surface area contributed by atoms with E-state index in [2.05, 4.69) is 19.9 Å². The smallest absolute Gasteiger partial charge is 0.0721 e. The van der Waals surface area contributed by atoms with Crippen molar-refractivity contribution in [3.8, 4) is 0 Å². The molecule has 0 heterocycles. The van der Waals surface area contributed by atoms with Gasteiger partial charge in [0.05, 0.1) is 6.10 Å². The summed E-state index contributed by atoms with van der Waals surface area (Å²) in [6.07, 6.45) is 12.9. The van der Waals surface area contributed by atoms with Crippen molar-refractivity contribution in [3.05, 3.63) is 12.2 Å². The molecule has 0 spiro atoms. The maximum atomic E-state index is 9.38. The zero-order chi connectivity index (χ0) is 11.1. The SMILES string of the molecule is CCCC(CCC)C[C@H]1C=CC(O)CC1. The molecule has 0 saturated carbocycles. The number of allylic oxidation sites excluding steroid dienone is 1. The first-order valence-electron chi connectivity index (χ1n) is 6.62. The van der Waals surface area contributed by atoms with Crippen LogP contribution in [0.2, 0.25) is 0 Å². The van der Waals surface area contributed by atoms with E-state index in [1.165, 1.54) is 38.5 Å². The third-order valence-electron chi connectivity index (χ3n) is 3.47. The zero-order valence-corrected chi connectivity index (χ0v) is 10.3. The Morgan fingerprint density at radius 1 is 1.13 bits per heavy atom. The Bertz CT molecular complexity index is 180. The number of hydrogen-bond donors (Lipinski definition) is 1. The molecular formula is C14H26O. The van der Waals surface area contributed by atoms with Crippen LogP contribution in [-0.4, -0.2) is 11.2 Å². The normalized spacial score (nSPS) is 26.1. The van der Waals surface area contributed by atoms with Crippen LogP contribution in [0.1, 0.15) is 58.8 Å². The molecule has 1 nitrogen and oxygen atoms in total. The molecule has 0 aromatic heterocycles. The van der Waals surface area contributed by atoms with E-state index in [9.17, 15) is 5.11 Å². The molecule has 0 fully saturated rings. The highest BCUT2D eigenvalue weighted by Crippen LogP contribution is 2.28. The Balaban J connectivity index is 2.33. The van der Waals surface area contributed by atoms with Gasteiger partial charge < -0.3 is 5.11 Å². The van der Waals surface area contributed by atoms with Crippen LogP contribution in [0.25, 0.3) is 0 Å². The molecular weight excluding hydrogens is 184 g/mol. The van der Waals surface area contributed by atoms with Crippen LogP contribution in [-0.2, 0) is 0 Å². The van der Waals surface area contributed by atoms with Gasteiger partial charge in [-0.15, -0.1) is 0 Å². The maximum Gasteiger partial charge on any atom is 0.0721 e. The monoisotopic (exact) mass is 210 g/mol. The number of aliphatic hydroxyl groups is 1. The minimum absolute atomic E-state index is 0.169. The first-order valence-corrected chi connectivity index (χ1v) is 6.62. The second kappa shape index (κ2) is 7.05. The van der Waals surface area contributed by atoms with Gasteiger partial charge in [-0.25, -0.2) is 0 Å². The summed E-state index contributed by atoms with van der Waals surface area (Å²) < 4.78 is 0. The summed E-state index contributed by atoms with van der Waals surface area (Å²) in [5.74, 6) is 1.64. The summed E-state index contributed by atoms with van der Waals surface area (Å²) in [4.78, 5) is 0. The van der Waals surface area contributed by atoms with Crippen LogP contribution in [0.4, 0.5) is 0 Å². The van der Waals surface area contributed by atoms with Crippen LogP contribution in [0, 0.1) is 11.8 Å². The molecule has 0 bridgehead atoms. The summed E-state index contributed by atoms with van der Waals surface area (Å²) in [6.45, 7) is 4.56. The van der Waals surface area contributed by atoms with Crippen LogP contribution in [0.5, 0.6) is 0 Å². The van der Waals surface area contributed by atoms with Crippen molar-refractivity contribution in [2.75, 3.05) is 0 Å². The molecule has 1 aliphatic rings. The van der Waals surface area contributed by atoms with E-state index in [1.807, 2.05) is 6.08 Å². The van der Waals surface area contributed by atoms with E-state index in [0.29, 0.717) is 0 Å². The average Bonchev–Trinajstić information content (AvgIpc) is 2.22. The van der Waals surface area contributed by atoms with Crippen molar-refractivity contribution in [3.63, 3.8) is 0 Å². The van der Waals surface area contributed by atoms with Gasteiger partial charge in [0.1, 0.15) is 0 Å². The third-order valence-corrected chi connectivity index (χ3v) is 3.47. The number of aliphatic hydroxyl groups excluding tert-OH is 1. The Labute approximate surface area is 94.6 Å². The fourth-order valence-corrected chi connectivity index (χ4v) is 2.68. The quantitative estimate of drug-likeness (QED) is 0.659. The molecule has 1 rings (SSSR count). The van der Waals surface area contributed by atoms with Gasteiger partial charge in [0.15, 0.2) is 0 Å². The topological polar surface area (TPSA) is 20.2 Å². The molecule has 0 aliphatic heterocycles. The summed E-state index contributed by atoms with van der Waals surface area (Å²) in [5, 5.41) is 9.38. The van der Waals surface area contributed by atoms with E-state index >= 15 is 0 Å². The lowest BCUT2D eigenvalue weighted by Gasteiger charge is -2.24. The van der Waals surface area contributed by atoms with Gasteiger partial charge in [-0.2, -0.15) is 0 Å². The first-order chi connectivity index (χ1) is 7.26. The molecule has 0 aromatic rings. The second-order valence-corrected chi connectivity index (χ2v) is 4.97. The van der Waals surface area contributed by atoms with Gasteiger partial charge in [0, 0.05) is 0 Å². The van der Waals surface area contributed by atoms with Gasteiger partial charge in [-0.3, -0.25) is 0 Å². The van der Waals surface area contributed by atoms with Crippen molar-refractivity contribution in [2.24, 2.45) is 11.8 Å². The third kappa shape index (κ3) is 4.83. The first kappa shape index (κ1) is 12.8.